The molecule has 2 aromatic carbocycles. The van der Waals surface area contributed by atoms with Crippen molar-refractivity contribution in [3.05, 3.63) is 58.7 Å². The topological polar surface area (TPSA) is 6.25 Å². The molecule has 0 amide bonds. The van der Waals surface area contributed by atoms with Crippen molar-refractivity contribution >= 4 is 23.8 Å². The molecule has 0 spiro atoms. The number of aryl methyl sites for hydroxylation is 3. The minimum absolute atomic E-state index is 0.599. The van der Waals surface area contributed by atoms with Crippen LogP contribution >= 0.6 is 11.8 Å². The molecule has 1 radical (unpaired) electrons. The molecule has 2 aromatic rings. The Morgan fingerprint density at radius 3 is 2.48 bits per heavy atom. The van der Waals surface area contributed by atoms with E-state index in [2.05, 4.69) is 86.8 Å². The molecule has 0 saturated carbocycles. The van der Waals surface area contributed by atoms with E-state index in [9.17, 15) is 0 Å². The van der Waals surface area contributed by atoms with E-state index in [1.807, 2.05) is 11.8 Å². The molecular formula is C22H28N2S+. The summed E-state index contributed by atoms with van der Waals surface area (Å²) < 4.78 is 2.32. The minimum atomic E-state index is 0.599. The summed E-state index contributed by atoms with van der Waals surface area (Å²) in [7, 11) is 0. The standard InChI is InChI=1S/C22H28N2S/c1-16(2)25-21-9-7-6-8-20(21)14-23-10-11-24(15-23)22-18(4)12-17(3)13-19(22)5/h6-9,12-13,16H,10-11,14H2,1-5H3/q+1. The van der Waals surface area contributed by atoms with E-state index in [1.54, 1.807) is 0 Å². The second-order valence-corrected chi connectivity index (χ2v) is 8.81. The van der Waals surface area contributed by atoms with Gasteiger partial charge < -0.3 is 0 Å². The van der Waals surface area contributed by atoms with Gasteiger partial charge in [0.15, 0.2) is 0 Å². The van der Waals surface area contributed by atoms with Gasteiger partial charge in [0.25, 0.3) is 0 Å². The van der Waals surface area contributed by atoms with Crippen LogP contribution in [0.3, 0.4) is 0 Å². The van der Waals surface area contributed by atoms with Crippen LogP contribution in [-0.2, 0) is 6.54 Å². The molecule has 2 nitrogen and oxygen atoms in total. The maximum absolute atomic E-state index is 3.59. The average Bonchev–Trinajstić information content (AvgIpc) is 2.96. The summed E-state index contributed by atoms with van der Waals surface area (Å²) >= 11 is 1.94. The van der Waals surface area contributed by atoms with Crippen LogP contribution in [0.4, 0.5) is 5.69 Å². The highest BCUT2D eigenvalue weighted by Gasteiger charge is 2.26. The van der Waals surface area contributed by atoms with E-state index in [0.29, 0.717) is 5.25 Å². The molecule has 0 N–H and O–H groups in total. The molecule has 0 fully saturated rings. The van der Waals surface area contributed by atoms with Crippen LogP contribution in [0, 0.1) is 20.8 Å². The highest BCUT2D eigenvalue weighted by atomic mass is 32.2. The third-order valence-electron chi connectivity index (χ3n) is 4.46. The Hall–Kier alpha value is -1.74. The fourth-order valence-corrected chi connectivity index (χ4v) is 4.52. The molecule has 0 bridgehead atoms. The summed E-state index contributed by atoms with van der Waals surface area (Å²) in [5.41, 5.74) is 6.71. The monoisotopic (exact) mass is 352 g/mol. The van der Waals surface area contributed by atoms with Gasteiger partial charge >= 0.3 is 6.34 Å². The molecule has 0 aliphatic carbocycles. The Morgan fingerprint density at radius 1 is 1.12 bits per heavy atom. The predicted octanol–water partition coefficient (Wildman–Crippen LogP) is 5.05. The Kier molecular flexibility index (Phi) is 5.53. The van der Waals surface area contributed by atoms with Crippen LogP contribution in [0.5, 0.6) is 0 Å². The first kappa shape index (κ1) is 18.1. The van der Waals surface area contributed by atoms with E-state index in [1.165, 1.54) is 32.8 Å². The summed E-state index contributed by atoms with van der Waals surface area (Å²) in [5.74, 6) is 0. The zero-order valence-corrected chi connectivity index (χ0v) is 16.8. The van der Waals surface area contributed by atoms with Crippen LogP contribution < -0.4 is 4.90 Å². The maximum Gasteiger partial charge on any atom is 0.369 e. The lowest BCUT2D eigenvalue weighted by Crippen LogP contribution is -2.20. The van der Waals surface area contributed by atoms with E-state index >= 15 is 0 Å². The molecule has 0 aromatic heterocycles. The number of anilines is 1. The summed E-state index contributed by atoms with van der Waals surface area (Å²) in [5, 5.41) is 0.599. The fraction of sp³-hybridized carbons (Fsp3) is 0.409. The van der Waals surface area contributed by atoms with Gasteiger partial charge in [0.1, 0.15) is 25.3 Å². The van der Waals surface area contributed by atoms with Crippen molar-refractivity contribution in [3.8, 4) is 0 Å². The molecule has 0 unspecified atom stereocenters. The number of rotatable bonds is 5. The highest BCUT2D eigenvalue weighted by Crippen LogP contribution is 2.29. The molecule has 3 heteroatoms. The molecule has 3 rings (SSSR count). The van der Waals surface area contributed by atoms with Crippen molar-refractivity contribution in [2.45, 2.75) is 51.3 Å². The first-order valence-corrected chi connectivity index (χ1v) is 9.93. The van der Waals surface area contributed by atoms with Crippen molar-refractivity contribution < 1.29 is 4.58 Å². The Bertz CT molecular complexity index is 769. The predicted molar refractivity (Wildman–Crippen MR) is 109 cm³/mol. The van der Waals surface area contributed by atoms with Gasteiger partial charge in [-0.05, 0) is 38.0 Å². The SMILES string of the molecule is Cc1cc(C)c(N2[C]=[N+](Cc3ccccc3SC(C)C)CC2)c(C)c1. The second kappa shape index (κ2) is 7.65. The first-order valence-electron chi connectivity index (χ1n) is 9.05. The van der Waals surface area contributed by atoms with E-state index in [4.69, 9.17) is 0 Å². The molecule has 1 aliphatic rings. The normalized spacial score (nSPS) is 14.3. The van der Waals surface area contributed by atoms with E-state index < -0.39 is 0 Å². The van der Waals surface area contributed by atoms with Gasteiger partial charge in [-0.15, -0.1) is 11.8 Å². The van der Waals surface area contributed by atoms with Crippen molar-refractivity contribution in [2.75, 3.05) is 18.0 Å². The maximum atomic E-state index is 3.59. The van der Waals surface area contributed by atoms with E-state index in [-0.39, 0.29) is 0 Å². The van der Waals surface area contributed by atoms with Crippen molar-refractivity contribution in [2.24, 2.45) is 0 Å². The van der Waals surface area contributed by atoms with Crippen molar-refractivity contribution in [3.63, 3.8) is 0 Å². The highest BCUT2D eigenvalue weighted by molar-refractivity contribution is 8.00. The number of nitrogens with zero attached hydrogens (tertiary/aromatic N) is 2. The fourth-order valence-electron chi connectivity index (χ4n) is 3.57. The molecule has 0 atom stereocenters. The molecule has 1 aliphatic heterocycles. The average molecular weight is 353 g/mol. The Balaban J connectivity index is 1.82. The first-order chi connectivity index (χ1) is 11.9. The van der Waals surface area contributed by atoms with Gasteiger partial charge in [0.2, 0.25) is 0 Å². The summed E-state index contributed by atoms with van der Waals surface area (Å²) in [4.78, 5) is 3.68. The zero-order valence-electron chi connectivity index (χ0n) is 16.0. The Morgan fingerprint density at radius 2 is 1.80 bits per heavy atom. The minimum Gasteiger partial charge on any atom is -0.246 e. The lowest BCUT2D eigenvalue weighted by Gasteiger charge is -2.12. The smallest absolute Gasteiger partial charge is 0.246 e. The lowest BCUT2D eigenvalue weighted by atomic mass is 10.0. The molecule has 0 saturated heterocycles. The van der Waals surface area contributed by atoms with Gasteiger partial charge in [-0.1, -0.05) is 49.7 Å². The summed E-state index contributed by atoms with van der Waals surface area (Å²) in [6, 6.07) is 13.3. The van der Waals surface area contributed by atoms with Gasteiger partial charge in [-0.25, -0.2) is 9.48 Å². The van der Waals surface area contributed by atoms with Crippen LogP contribution in [0.1, 0.15) is 36.1 Å². The molecule has 131 valence electrons. The largest absolute Gasteiger partial charge is 0.369 e. The molecule has 25 heavy (non-hydrogen) atoms. The van der Waals surface area contributed by atoms with Crippen LogP contribution in [-0.4, -0.2) is 29.3 Å². The third-order valence-corrected chi connectivity index (χ3v) is 5.58. The summed E-state index contributed by atoms with van der Waals surface area (Å²) in [6.07, 6.45) is 3.59. The number of benzene rings is 2. The van der Waals surface area contributed by atoms with E-state index in [0.717, 1.165) is 19.6 Å². The van der Waals surface area contributed by atoms with Crippen LogP contribution in [0.15, 0.2) is 41.3 Å². The lowest BCUT2D eigenvalue weighted by molar-refractivity contribution is -0.530. The van der Waals surface area contributed by atoms with Crippen molar-refractivity contribution in [1.29, 1.82) is 0 Å². The third kappa shape index (κ3) is 4.27. The van der Waals surface area contributed by atoms with Crippen LogP contribution in [0.25, 0.3) is 0 Å². The Labute approximate surface area is 156 Å². The van der Waals surface area contributed by atoms with Gasteiger partial charge in [-0.3, -0.25) is 0 Å². The number of hydrogen-bond acceptors (Lipinski definition) is 2. The molecular weight excluding hydrogens is 324 g/mol. The zero-order chi connectivity index (χ0) is 18.0. The quantitative estimate of drug-likeness (QED) is 0.549. The van der Waals surface area contributed by atoms with Gasteiger partial charge in [0.05, 0.1) is 0 Å². The van der Waals surface area contributed by atoms with Crippen molar-refractivity contribution in [1.82, 2.24) is 0 Å². The number of thioether (sulfide) groups is 1. The van der Waals surface area contributed by atoms with Gasteiger partial charge in [-0.2, -0.15) is 0 Å². The number of hydrogen-bond donors (Lipinski definition) is 0. The molecule has 1 heterocycles. The second-order valence-electron chi connectivity index (χ2n) is 7.19. The van der Waals surface area contributed by atoms with Crippen LogP contribution in [0.2, 0.25) is 0 Å². The van der Waals surface area contributed by atoms with Gasteiger partial charge in [0, 0.05) is 15.7 Å². The summed E-state index contributed by atoms with van der Waals surface area (Å²) in [6.45, 7) is 14.0.